The van der Waals surface area contributed by atoms with Crippen molar-refractivity contribution in [3.8, 4) is 0 Å². The van der Waals surface area contributed by atoms with E-state index in [0.717, 1.165) is 5.56 Å². The number of aryl methyl sites for hydroxylation is 1. The Labute approximate surface area is 107 Å². The monoisotopic (exact) mass is 298 g/mol. The van der Waals surface area contributed by atoms with E-state index in [1.54, 1.807) is 29.0 Å². The van der Waals surface area contributed by atoms with Gasteiger partial charge in [-0.2, -0.15) is 5.10 Å². The zero-order valence-electron chi connectivity index (χ0n) is 9.56. The second-order valence-electron chi connectivity index (χ2n) is 3.84. The SMILES string of the molecule is CN(Cc1cnn(C)c1)c1ncc(Br)cc1F. The van der Waals surface area contributed by atoms with Crippen molar-refractivity contribution in [1.82, 2.24) is 14.8 Å². The summed E-state index contributed by atoms with van der Waals surface area (Å²) in [6.07, 6.45) is 5.23. The normalized spacial score (nSPS) is 10.6. The van der Waals surface area contributed by atoms with E-state index in [9.17, 15) is 4.39 Å². The summed E-state index contributed by atoms with van der Waals surface area (Å²) in [4.78, 5) is 5.81. The highest BCUT2D eigenvalue weighted by Gasteiger charge is 2.10. The second kappa shape index (κ2) is 4.83. The van der Waals surface area contributed by atoms with Crippen LogP contribution in [0.1, 0.15) is 5.56 Å². The number of anilines is 1. The molecular formula is C11H12BrFN4. The molecule has 2 heterocycles. The molecular weight excluding hydrogens is 287 g/mol. The third kappa shape index (κ3) is 2.82. The summed E-state index contributed by atoms with van der Waals surface area (Å²) >= 11 is 3.18. The Bertz CT molecular complexity index is 526. The van der Waals surface area contributed by atoms with Gasteiger partial charge in [-0.25, -0.2) is 9.37 Å². The number of rotatable bonds is 3. The molecule has 0 saturated heterocycles. The fourth-order valence-corrected chi connectivity index (χ4v) is 1.89. The number of aromatic nitrogens is 3. The first-order chi connectivity index (χ1) is 8.06. The molecule has 0 amide bonds. The van der Waals surface area contributed by atoms with Gasteiger partial charge in [0.15, 0.2) is 11.6 Å². The number of halogens is 2. The highest BCUT2D eigenvalue weighted by atomic mass is 79.9. The molecule has 0 bridgehead atoms. The summed E-state index contributed by atoms with van der Waals surface area (Å²) in [5.41, 5.74) is 1.01. The van der Waals surface area contributed by atoms with Gasteiger partial charge in [0.05, 0.1) is 6.20 Å². The third-order valence-corrected chi connectivity index (χ3v) is 2.76. The predicted molar refractivity (Wildman–Crippen MR) is 67.2 cm³/mol. The summed E-state index contributed by atoms with van der Waals surface area (Å²) in [5, 5.41) is 4.07. The average Bonchev–Trinajstić information content (AvgIpc) is 2.63. The maximum Gasteiger partial charge on any atom is 0.166 e. The topological polar surface area (TPSA) is 34.0 Å². The first-order valence-electron chi connectivity index (χ1n) is 5.06. The van der Waals surface area contributed by atoms with Gasteiger partial charge < -0.3 is 4.90 Å². The zero-order chi connectivity index (χ0) is 12.4. The first kappa shape index (κ1) is 12.0. The van der Waals surface area contributed by atoms with Crippen LogP contribution in [0, 0.1) is 5.82 Å². The van der Waals surface area contributed by atoms with E-state index in [0.29, 0.717) is 16.8 Å². The highest BCUT2D eigenvalue weighted by molar-refractivity contribution is 9.10. The van der Waals surface area contributed by atoms with Gasteiger partial charge in [0.25, 0.3) is 0 Å². The van der Waals surface area contributed by atoms with Crippen molar-refractivity contribution in [2.24, 2.45) is 7.05 Å². The van der Waals surface area contributed by atoms with Crippen LogP contribution in [0.5, 0.6) is 0 Å². The Morgan fingerprint density at radius 2 is 2.24 bits per heavy atom. The number of pyridine rings is 1. The standard InChI is InChI=1S/C11H12BrFN4/c1-16(6-8-4-15-17(2)7-8)11-10(13)3-9(12)5-14-11/h3-5,7H,6H2,1-2H3. The van der Waals surface area contributed by atoms with Crippen molar-refractivity contribution < 1.29 is 4.39 Å². The molecule has 2 rings (SSSR count). The van der Waals surface area contributed by atoms with Crippen LogP contribution in [0.2, 0.25) is 0 Å². The molecule has 4 nitrogen and oxygen atoms in total. The summed E-state index contributed by atoms with van der Waals surface area (Å²) in [5.74, 6) is -0.0113. The summed E-state index contributed by atoms with van der Waals surface area (Å²) in [7, 11) is 3.65. The van der Waals surface area contributed by atoms with Crippen molar-refractivity contribution in [3.63, 3.8) is 0 Å². The zero-order valence-corrected chi connectivity index (χ0v) is 11.1. The molecule has 0 fully saturated rings. The molecule has 0 radical (unpaired) electrons. The van der Waals surface area contributed by atoms with Gasteiger partial charge in [0.2, 0.25) is 0 Å². The summed E-state index contributed by atoms with van der Waals surface area (Å²) in [6, 6.07) is 1.40. The van der Waals surface area contributed by atoms with E-state index in [1.165, 1.54) is 6.07 Å². The Morgan fingerprint density at radius 1 is 1.47 bits per heavy atom. The van der Waals surface area contributed by atoms with Crippen molar-refractivity contribution in [1.29, 1.82) is 0 Å². The molecule has 2 aromatic rings. The van der Waals surface area contributed by atoms with Gasteiger partial charge in [0.1, 0.15) is 0 Å². The Kier molecular flexibility index (Phi) is 3.42. The molecule has 0 saturated carbocycles. The maximum absolute atomic E-state index is 13.7. The Balaban J connectivity index is 2.17. The van der Waals surface area contributed by atoms with Crippen LogP contribution >= 0.6 is 15.9 Å². The smallest absolute Gasteiger partial charge is 0.166 e. The molecule has 0 unspecified atom stereocenters. The summed E-state index contributed by atoms with van der Waals surface area (Å²) in [6.45, 7) is 0.569. The van der Waals surface area contributed by atoms with Gasteiger partial charge in [-0.1, -0.05) is 0 Å². The Hall–Kier alpha value is -1.43. The van der Waals surface area contributed by atoms with E-state index >= 15 is 0 Å². The lowest BCUT2D eigenvalue weighted by atomic mass is 10.3. The lowest BCUT2D eigenvalue weighted by Gasteiger charge is -2.17. The van der Waals surface area contributed by atoms with Crippen LogP contribution in [-0.4, -0.2) is 21.8 Å². The summed E-state index contributed by atoms with van der Waals surface area (Å²) < 4.78 is 16.0. The molecule has 90 valence electrons. The molecule has 0 N–H and O–H groups in total. The van der Waals surface area contributed by atoms with Crippen molar-refractivity contribution in [3.05, 3.63) is 40.5 Å². The highest BCUT2D eigenvalue weighted by Crippen LogP contribution is 2.20. The third-order valence-electron chi connectivity index (χ3n) is 2.33. The molecule has 0 spiro atoms. The van der Waals surface area contributed by atoms with Gasteiger partial charge in [-0.3, -0.25) is 4.68 Å². The average molecular weight is 299 g/mol. The van der Waals surface area contributed by atoms with Gasteiger partial charge in [0, 0.05) is 43.1 Å². The fraction of sp³-hybridized carbons (Fsp3) is 0.273. The van der Waals surface area contributed by atoms with Gasteiger partial charge in [-0.05, 0) is 22.0 Å². The minimum Gasteiger partial charge on any atom is -0.353 e. The molecule has 17 heavy (non-hydrogen) atoms. The van der Waals surface area contributed by atoms with E-state index in [4.69, 9.17) is 0 Å². The molecule has 0 atom stereocenters. The quantitative estimate of drug-likeness (QED) is 0.872. The maximum atomic E-state index is 13.7. The largest absolute Gasteiger partial charge is 0.353 e. The van der Waals surface area contributed by atoms with E-state index in [2.05, 4.69) is 26.0 Å². The minimum atomic E-state index is -0.342. The van der Waals surface area contributed by atoms with Gasteiger partial charge in [-0.15, -0.1) is 0 Å². The lowest BCUT2D eigenvalue weighted by molar-refractivity contribution is 0.613. The molecule has 0 aliphatic rings. The van der Waals surface area contributed by atoms with Crippen molar-refractivity contribution in [2.45, 2.75) is 6.54 Å². The van der Waals surface area contributed by atoms with E-state index in [1.807, 2.05) is 13.2 Å². The number of hydrogen-bond donors (Lipinski definition) is 0. The molecule has 0 aliphatic heterocycles. The van der Waals surface area contributed by atoms with Crippen LogP contribution in [0.3, 0.4) is 0 Å². The van der Waals surface area contributed by atoms with Crippen LogP contribution in [0.15, 0.2) is 29.1 Å². The number of hydrogen-bond acceptors (Lipinski definition) is 3. The molecule has 0 aliphatic carbocycles. The minimum absolute atomic E-state index is 0.331. The molecule has 2 aromatic heterocycles. The van der Waals surface area contributed by atoms with Crippen LogP contribution in [0.4, 0.5) is 10.2 Å². The lowest BCUT2D eigenvalue weighted by Crippen LogP contribution is -2.18. The molecule has 0 aromatic carbocycles. The van der Waals surface area contributed by atoms with Crippen LogP contribution in [0.25, 0.3) is 0 Å². The van der Waals surface area contributed by atoms with Gasteiger partial charge >= 0.3 is 0 Å². The van der Waals surface area contributed by atoms with Crippen LogP contribution < -0.4 is 4.90 Å². The van der Waals surface area contributed by atoms with E-state index in [-0.39, 0.29) is 5.82 Å². The van der Waals surface area contributed by atoms with Crippen molar-refractivity contribution >= 4 is 21.7 Å². The van der Waals surface area contributed by atoms with Crippen molar-refractivity contribution in [2.75, 3.05) is 11.9 Å². The van der Waals surface area contributed by atoms with E-state index < -0.39 is 0 Å². The Morgan fingerprint density at radius 3 is 2.82 bits per heavy atom. The predicted octanol–water partition coefficient (Wildman–Crippen LogP) is 2.35. The van der Waals surface area contributed by atoms with Crippen LogP contribution in [-0.2, 0) is 13.6 Å². The molecule has 6 heteroatoms. The second-order valence-corrected chi connectivity index (χ2v) is 4.75. The number of nitrogens with zero attached hydrogens (tertiary/aromatic N) is 4. The fourth-order valence-electron chi connectivity index (χ4n) is 1.59. The first-order valence-corrected chi connectivity index (χ1v) is 5.85.